The fraction of sp³-hybridized carbons (Fsp3) is 0.357. The number of amides is 1. The van der Waals surface area contributed by atoms with Gasteiger partial charge in [-0.2, -0.15) is 0 Å². The zero-order valence-electron chi connectivity index (χ0n) is 11.5. The van der Waals surface area contributed by atoms with E-state index < -0.39 is 6.10 Å². The lowest BCUT2D eigenvalue weighted by Gasteiger charge is -2.20. The normalized spacial score (nSPS) is 12.3. The van der Waals surface area contributed by atoms with Crippen LogP contribution in [0.25, 0.3) is 5.69 Å². The minimum absolute atomic E-state index is 0.0983. The van der Waals surface area contributed by atoms with E-state index in [0.29, 0.717) is 4.88 Å². The van der Waals surface area contributed by atoms with Crippen molar-refractivity contribution in [3.05, 3.63) is 40.8 Å². The van der Waals surface area contributed by atoms with Crippen LogP contribution >= 0.6 is 11.3 Å². The van der Waals surface area contributed by atoms with Gasteiger partial charge < -0.3 is 19.3 Å². The highest BCUT2D eigenvalue weighted by atomic mass is 32.1. The lowest BCUT2D eigenvalue weighted by molar-refractivity contribution is 0.0382. The number of methoxy groups -OCH3 is 1. The van der Waals surface area contributed by atoms with Crippen LogP contribution in [-0.4, -0.2) is 53.9 Å². The molecule has 108 valence electrons. The molecule has 2 aromatic rings. The number of nitrogens with zero attached hydrogens (tertiary/aromatic N) is 2. The SMILES string of the molecule is COCC(O)CN(C)C(=O)c1sccc1-n1cccc1. The number of hydrogen-bond acceptors (Lipinski definition) is 4. The van der Waals surface area contributed by atoms with Crippen LogP contribution in [0.4, 0.5) is 0 Å². The van der Waals surface area contributed by atoms with E-state index in [4.69, 9.17) is 4.74 Å². The highest BCUT2D eigenvalue weighted by Gasteiger charge is 2.20. The third kappa shape index (κ3) is 3.27. The van der Waals surface area contributed by atoms with Crippen molar-refractivity contribution < 1.29 is 14.6 Å². The number of likely N-dealkylation sites (N-methyl/N-ethyl adjacent to an activating group) is 1. The Bertz CT molecular complexity index is 551. The second-order valence-electron chi connectivity index (χ2n) is 4.52. The molecule has 5 nitrogen and oxygen atoms in total. The summed E-state index contributed by atoms with van der Waals surface area (Å²) in [5.41, 5.74) is 0.859. The monoisotopic (exact) mass is 294 g/mol. The quantitative estimate of drug-likeness (QED) is 0.881. The van der Waals surface area contributed by atoms with E-state index in [9.17, 15) is 9.90 Å². The van der Waals surface area contributed by atoms with Crippen molar-refractivity contribution in [3.8, 4) is 5.69 Å². The summed E-state index contributed by atoms with van der Waals surface area (Å²) in [6.07, 6.45) is 3.13. The van der Waals surface area contributed by atoms with Crippen molar-refractivity contribution in [1.82, 2.24) is 9.47 Å². The fourth-order valence-corrected chi connectivity index (χ4v) is 2.86. The predicted octanol–water partition coefficient (Wildman–Crippen LogP) is 1.62. The molecule has 2 heterocycles. The first-order valence-corrected chi connectivity index (χ1v) is 7.14. The van der Waals surface area contributed by atoms with Crippen molar-refractivity contribution in [2.24, 2.45) is 0 Å². The molecular weight excluding hydrogens is 276 g/mol. The van der Waals surface area contributed by atoms with E-state index in [0.717, 1.165) is 5.69 Å². The van der Waals surface area contributed by atoms with Crippen LogP contribution < -0.4 is 0 Å². The third-order valence-electron chi connectivity index (χ3n) is 2.91. The van der Waals surface area contributed by atoms with Crippen molar-refractivity contribution >= 4 is 17.2 Å². The number of aliphatic hydroxyl groups is 1. The summed E-state index contributed by atoms with van der Waals surface area (Å²) in [5, 5.41) is 11.6. The summed E-state index contributed by atoms with van der Waals surface area (Å²) >= 11 is 1.40. The van der Waals surface area contributed by atoms with Gasteiger partial charge in [-0.1, -0.05) is 0 Å². The number of rotatable bonds is 6. The molecule has 2 aromatic heterocycles. The minimum atomic E-state index is -0.677. The molecule has 0 radical (unpaired) electrons. The summed E-state index contributed by atoms with van der Waals surface area (Å²) in [6.45, 7) is 0.461. The molecule has 20 heavy (non-hydrogen) atoms. The van der Waals surface area contributed by atoms with Crippen LogP contribution in [0.3, 0.4) is 0 Å². The first kappa shape index (κ1) is 14.8. The van der Waals surface area contributed by atoms with Crippen LogP contribution in [0.5, 0.6) is 0 Å². The second kappa shape index (κ2) is 6.69. The average molecular weight is 294 g/mol. The molecule has 1 unspecified atom stereocenters. The first-order valence-electron chi connectivity index (χ1n) is 6.26. The summed E-state index contributed by atoms with van der Waals surface area (Å²) in [7, 11) is 3.20. The molecular formula is C14H18N2O3S. The van der Waals surface area contributed by atoms with E-state index in [1.807, 2.05) is 40.5 Å². The van der Waals surface area contributed by atoms with Gasteiger partial charge in [-0.05, 0) is 23.6 Å². The van der Waals surface area contributed by atoms with Gasteiger partial charge in [0.2, 0.25) is 0 Å². The van der Waals surface area contributed by atoms with Gasteiger partial charge in [-0.15, -0.1) is 11.3 Å². The number of ether oxygens (including phenoxy) is 1. The third-order valence-corrected chi connectivity index (χ3v) is 3.80. The Morgan fingerprint density at radius 3 is 2.85 bits per heavy atom. The zero-order chi connectivity index (χ0) is 14.5. The molecule has 0 spiro atoms. The average Bonchev–Trinajstić information content (AvgIpc) is 3.08. The Kier molecular flexibility index (Phi) is 4.94. The van der Waals surface area contributed by atoms with Crippen LogP contribution in [0.2, 0.25) is 0 Å². The minimum Gasteiger partial charge on any atom is -0.389 e. The van der Waals surface area contributed by atoms with Gasteiger partial charge in [0, 0.05) is 33.1 Å². The highest BCUT2D eigenvalue weighted by Crippen LogP contribution is 2.22. The maximum Gasteiger partial charge on any atom is 0.265 e. The van der Waals surface area contributed by atoms with E-state index in [1.54, 1.807) is 7.05 Å². The van der Waals surface area contributed by atoms with Gasteiger partial charge in [0.05, 0.1) is 18.4 Å². The number of carbonyl (C=O) groups excluding carboxylic acids is 1. The van der Waals surface area contributed by atoms with Crippen molar-refractivity contribution in [1.29, 1.82) is 0 Å². The summed E-state index contributed by atoms with van der Waals surface area (Å²) < 4.78 is 6.77. The predicted molar refractivity (Wildman–Crippen MR) is 78.5 cm³/mol. The van der Waals surface area contributed by atoms with E-state index in [1.165, 1.54) is 23.3 Å². The molecule has 0 aliphatic carbocycles. The Hall–Kier alpha value is -1.63. The van der Waals surface area contributed by atoms with Crippen molar-refractivity contribution in [2.75, 3.05) is 27.3 Å². The Labute approximate surface area is 122 Å². The maximum absolute atomic E-state index is 12.4. The number of aromatic nitrogens is 1. The zero-order valence-corrected chi connectivity index (χ0v) is 12.3. The molecule has 0 saturated heterocycles. The van der Waals surface area contributed by atoms with E-state index >= 15 is 0 Å². The van der Waals surface area contributed by atoms with Crippen molar-refractivity contribution in [3.63, 3.8) is 0 Å². The molecule has 1 amide bonds. The van der Waals surface area contributed by atoms with E-state index in [-0.39, 0.29) is 19.1 Å². The molecule has 6 heteroatoms. The Morgan fingerprint density at radius 2 is 2.20 bits per heavy atom. The molecule has 1 atom stereocenters. The van der Waals surface area contributed by atoms with Gasteiger partial charge in [0.1, 0.15) is 4.88 Å². The Morgan fingerprint density at radius 1 is 1.50 bits per heavy atom. The molecule has 0 aliphatic heterocycles. The van der Waals surface area contributed by atoms with Crippen LogP contribution in [0, 0.1) is 0 Å². The number of carbonyl (C=O) groups is 1. The molecule has 2 rings (SSSR count). The summed E-state index contributed by atoms with van der Waals surface area (Å²) in [4.78, 5) is 14.6. The molecule has 0 aliphatic rings. The smallest absolute Gasteiger partial charge is 0.265 e. The van der Waals surface area contributed by atoms with E-state index in [2.05, 4.69) is 0 Å². The lowest BCUT2D eigenvalue weighted by atomic mass is 10.3. The van der Waals surface area contributed by atoms with Crippen molar-refractivity contribution in [2.45, 2.75) is 6.10 Å². The largest absolute Gasteiger partial charge is 0.389 e. The molecule has 0 aromatic carbocycles. The molecule has 0 fully saturated rings. The Balaban J connectivity index is 2.12. The first-order chi connectivity index (χ1) is 9.63. The van der Waals surface area contributed by atoms with Gasteiger partial charge in [-0.25, -0.2) is 0 Å². The van der Waals surface area contributed by atoms with Crippen LogP contribution in [0.1, 0.15) is 9.67 Å². The standard InChI is InChI=1S/C14H18N2O3S/c1-15(9-11(17)10-19-2)14(18)13-12(5-8-20-13)16-6-3-4-7-16/h3-8,11,17H,9-10H2,1-2H3. The lowest BCUT2D eigenvalue weighted by Crippen LogP contribution is -2.36. The second-order valence-corrected chi connectivity index (χ2v) is 5.44. The molecule has 0 bridgehead atoms. The molecule has 1 N–H and O–H groups in total. The highest BCUT2D eigenvalue weighted by molar-refractivity contribution is 7.12. The number of thiophene rings is 1. The number of hydrogen-bond donors (Lipinski definition) is 1. The van der Waals surface area contributed by atoms with Gasteiger partial charge >= 0.3 is 0 Å². The maximum atomic E-state index is 12.4. The topological polar surface area (TPSA) is 54.7 Å². The van der Waals surface area contributed by atoms with Gasteiger partial charge in [-0.3, -0.25) is 4.79 Å². The summed E-state index contributed by atoms with van der Waals surface area (Å²) in [6, 6.07) is 5.74. The summed E-state index contributed by atoms with van der Waals surface area (Å²) in [5.74, 6) is -0.0983. The van der Waals surface area contributed by atoms with Crippen LogP contribution in [0.15, 0.2) is 36.0 Å². The fourth-order valence-electron chi connectivity index (χ4n) is 1.98. The number of aliphatic hydroxyl groups excluding tert-OH is 1. The van der Waals surface area contributed by atoms with Crippen LogP contribution in [-0.2, 0) is 4.74 Å². The molecule has 0 saturated carbocycles. The van der Waals surface area contributed by atoms with Gasteiger partial charge in [0.25, 0.3) is 5.91 Å². The van der Waals surface area contributed by atoms with Gasteiger partial charge in [0.15, 0.2) is 0 Å².